The number of unbranched alkanes of at least 4 members (excludes halogenated alkanes) is 11. The van der Waals surface area contributed by atoms with Crippen molar-refractivity contribution in [3.63, 3.8) is 0 Å². The summed E-state index contributed by atoms with van der Waals surface area (Å²) in [5.74, 6) is 0.446. The first-order chi connectivity index (χ1) is 21.9. The number of carbonyl (C=O) groups excluding carboxylic acids is 1. The molecular formula is C40H52N2O3. The number of fused-ring (bicyclic) bond motifs is 3. The van der Waals surface area contributed by atoms with Crippen LogP contribution in [-0.2, 0) is 18.5 Å². The van der Waals surface area contributed by atoms with Crippen LogP contribution in [0, 0.1) is 6.92 Å². The maximum absolute atomic E-state index is 14.9. The van der Waals surface area contributed by atoms with E-state index in [1.807, 2.05) is 19.1 Å². The highest BCUT2D eigenvalue weighted by Crippen LogP contribution is 2.43. The lowest BCUT2D eigenvalue weighted by Crippen LogP contribution is -2.53. The van der Waals surface area contributed by atoms with Crippen LogP contribution in [0.25, 0.3) is 10.9 Å². The van der Waals surface area contributed by atoms with E-state index in [0.29, 0.717) is 18.5 Å². The first kappa shape index (κ1) is 32.8. The molecule has 1 aliphatic rings. The van der Waals surface area contributed by atoms with Crippen molar-refractivity contribution in [2.45, 2.75) is 116 Å². The Kier molecular flexibility index (Phi) is 11.4. The zero-order chi connectivity index (χ0) is 31.6. The van der Waals surface area contributed by atoms with Crippen molar-refractivity contribution in [3.05, 3.63) is 94.7 Å². The molecule has 1 aromatic heterocycles. The van der Waals surface area contributed by atoms with Crippen LogP contribution in [0.1, 0.15) is 123 Å². The number of aryl methyl sites for hydroxylation is 1. The van der Waals surface area contributed by atoms with Gasteiger partial charge in [-0.1, -0.05) is 114 Å². The molecule has 1 unspecified atom stereocenters. The number of benzene rings is 3. The maximum atomic E-state index is 14.9. The first-order valence-corrected chi connectivity index (χ1v) is 17.4. The number of hydrogen-bond donors (Lipinski definition) is 3. The summed E-state index contributed by atoms with van der Waals surface area (Å²) in [6, 6.07) is 20.9. The number of Topliss-reactive ketones (excluding diaryl/α,β-unsaturated/α-hetero) is 1. The van der Waals surface area contributed by atoms with Gasteiger partial charge >= 0.3 is 0 Å². The number of aromatic amines is 1. The average Bonchev–Trinajstić information content (AvgIpc) is 3.43. The van der Waals surface area contributed by atoms with Gasteiger partial charge in [0.15, 0.2) is 5.78 Å². The van der Waals surface area contributed by atoms with Crippen molar-refractivity contribution in [2.75, 3.05) is 6.54 Å². The Labute approximate surface area is 269 Å². The van der Waals surface area contributed by atoms with E-state index in [-0.39, 0.29) is 17.3 Å². The summed E-state index contributed by atoms with van der Waals surface area (Å²) in [6.45, 7) is 5.58. The predicted octanol–water partition coefficient (Wildman–Crippen LogP) is 10.1. The minimum Gasteiger partial charge on any atom is -0.508 e. The SMILES string of the molecule is CCCCCCCCCCCCCCC(C(=O)c1ccc(O)cc1)(c1ccc(O)c(C)c1)N1CCc2c([nH]c3ccccc23)C1. The zero-order valence-electron chi connectivity index (χ0n) is 27.4. The Hall–Kier alpha value is -3.57. The Morgan fingerprint density at radius 1 is 0.822 bits per heavy atom. The van der Waals surface area contributed by atoms with Crippen molar-refractivity contribution < 1.29 is 15.0 Å². The number of H-pyrrole nitrogens is 1. The molecule has 1 aliphatic heterocycles. The lowest BCUT2D eigenvalue weighted by atomic mass is 9.75. The number of phenols is 2. The van der Waals surface area contributed by atoms with E-state index in [4.69, 9.17) is 0 Å². The van der Waals surface area contributed by atoms with Gasteiger partial charge in [-0.2, -0.15) is 0 Å². The summed E-state index contributed by atoms with van der Waals surface area (Å²) < 4.78 is 0. The van der Waals surface area contributed by atoms with Gasteiger partial charge in [-0.3, -0.25) is 9.69 Å². The molecule has 1 atom stereocenters. The van der Waals surface area contributed by atoms with Crippen molar-refractivity contribution in [2.24, 2.45) is 0 Å². The number of para-hydroxylation sites is 1. The number of phenolic OH excluding ortho intramolecular Hbond substituents is 2. The number of nitrogens with zero attached hydrogens (tertiary/aromatic N) is 1. The number of nitrogens with one attached hydrogen (secondary N) is 1. The monoisotopic (exact) mass is 608 g/mol. The summed E-state index contributed by atoms with van der Waals surface area (Å²) in [4.78, 5) is 20.9. The van der Waals surface area contributed by atoms with Crippen LogP contribution in [0.2, 0.25) is 0 Å². The molecule has 0 bridgehead atoms. The van der Waals surface area contributed by atoms with Crippen molar-refractivity contribution in [1.29, 1.82) is 0 Å². The van der Waals surface area contributed by atoms with Crippen LogP contribution in [-0.4, -0.2) is 32.4 Å². The van der Waals surface area contributed by atoms with Gasteiger partial charge in [-0.05, 0) is 72.9 Å². The van der Waals surface area contributed by atoms with Crippen LogP contribution >= 0.6 is 0 Å². The van der Waals surface area contributed by atoms with Gasteiger partial charge in [0.2, 0.25) is 0 Å². The molecule has 0 aliphatic carbocycles. The smallest absolute Gasteiger partial charge is 0.187 e. The maximum Gasteiger partial charge on any atom is 0.187 e. The highest BCUT2D eigenvalue weighted by atomic mass is 16.3. The molecule has 4 aromatic rings. The van der Waals surface area contributed by atoms with E-state index in [9.17, 15) is 15.0 Å². The van der Waals surface area contributed by atoms with Gasteiger partial charge in [-0.15, -0.1) is 0 Å². The number of carbonyl (C=O) groups is 1. The van der Waals surface area contributed by atoms with Crippen LogP contribution in [0.3, 0.4) is 0 Å². The van der Waals surface area contributed by atoms with Crippen molar-refractivity contribution in [3.8, 4) is 11.5 Å². The van der Waals surface area contributed by atoms with Gasteiger partial charge in [-0.25, -0.2) is 0 Å². The van der Waals surface area contributed by atoms with Crippen LogP contribution in [0.5, 0.6) is 11.5 Å². The summed E-state index contributed by atoms with van der Waals surface area (Å²) >= 11 is 0. The predicted molar refractivity (Wildman–Crippen MR) is 185 cm³/mol. The number of ketones is 1. The van der Waals surface area contributed by atoms with E-state index in [2.05, 4.69) is 41.1 Å². The number of hydrogen-bond acceptors (Lipinski definition) is 4. The van der Waals surface area contributed by atoms with Gasteiger partial charge < -0.3 is 15.2 Å². The second-order valence-corrected chi connectivity index (χ2v) is 13.2. The molecule has 5 heteroatoms. The quantitative estimate of drug-likeness (QED) is 0.0823. The van der Waals surface area contributed by atoms with E-state index >= 15 is 0 Å². The zero-order valence-corrected chi connectivity index (χ0v) is 27.4. The number of aromatic hydroxyl groups is 2. The Bertz CT molecular complexity index is 1540. The third kappa shape index (κ3) is 7.64. The topological polar surface area (TPSA) is 76.6 Å². The Balaban J connectivity index is 1.38. The lowest BCUT2D eigenvalue weighted by molar-refractivity contribution is 0.0409. The Morgan fingerprint density at radius 2 is 1.47 bits per heavy atom. The molecule has 0 fully saturated rings. The van der Waals surface area contributed by atoms with Gasteiger partial charge in [0.25, 0.3) is 0 Å². The third-order valence-electron chi connectivity index (χ3n) is 9.99. The molecule has 0 radical (unpaired) electrons. The molecular weight excluding hydrogens is 556 g/mol. The molecule has 3 aromatic carbocycles. The first-order valence-electron chi connectivity index (χ1n) is 17.4. The normalized spacial score (nSPS) is 14.8. The molecule has 0 saturated heterocycles. The van der Waals surface area contributed by atoms with Crippen molar-refractivity contribution >= 4 is 16.7 Å². The van der Waals surface area contributed by atoms with E-state index in [1.54, 1.807) is 30.3 Å². The molecule has 5 nitrogen and oxygen atoms in total. The van der Waals surface area contributed by atoms with Crippen LogP contribution < -0.4 is 0 Å². The fourth-order valence-corrected chi connectivity index (χ4v) is 7.38. The molecule has 240 valence electrons. The fourth-order valence-electron chi connectivity index (χ4n) is 7.38. The third-order valence-corrected chi connectivity index (χ3v) is 9.99. The van der Waals surface area contributed by atoms with E-state index in [1.165, 1.54) is 80.9 Å². The van der Waals surface area contributed by atoms with Crippen molar-refractivity contribution in [1.82, 2.24) is 9.88 Å². The molecule has 0 spiro atoms. The summed E-state index contributed by atoms with van der Waals surface area (Å²) in [6.07, 6.45) is 16.7. The molecule has 45 heavy (non-hydrogen) atoms. The summed E-state index contributed by atoms with van der Waals surface area (Å²) in [7, 11) is 0. The average molecular weight is 609 g/mol. The minimum absolute atomic E-state index is 0.0511. The molecule has 3 N–H and O–H groups in total. The largest absolute Gasteiger partial charge is 0.508 e. The van der Waals surface area contributed by atoms with E-state index in [0.717, 1.165) is 42.5 Å². The number of aromatic nitrogens is 1. The number of rotatable bonds is 17. The lowest BCUT2D eigenvalue weighted by Gasteiger charge is -2.45. The summed E-state index contributed by atoms with van der Waals surface area (Å²) in [5, 5.41) is 21.8. The summed E-state index contributed by atoms with van der Waals surface area (Å²) in [5.41, 5.74) is 5.06. The van der Waals surface area contributed by atoms with Gasteiger partial charge in [0.1, 0.15) is 17.0 Å². The standard InChI is InChI=1S/C40H52N2O3/c1-3-4-5-6-7-8-9-10-11-12-13-16-26-40(32-21-24-38(44)30(2)28-32,39(45)31-19-22-33(43)23-20-31)42-27-25-35-34-17-14-15-18-36(34)41-37(35)29-42/h14-15,17-24,28,41,43-44H,3-13,16,25-27,29H2,1-2H3. The van der Waals surface area contributed by atoms with Crippen LogP contribution in [0.4, 0.5) is 0 Å². The molecule has 0 saturated carbocycles. The second-order valence-electron chi connectivity index (χ2n) is 13.2. The second kappa shape index (κ2) is 15.6. The van der Waals surface area contributed by atoms with Gasteiger partial charge in [0.05, 0.1) is 0 Å². The van der Waals surface area contributed by atoms with E-state index < -0.39 is 5.54 Å². The molecule has 0 amide bonds. The Morgan fingerprint density at radius 3 is 2.13 bits per heavy atom. The highest BCUT2D eigenvalue weighted by Gasteiger charge is 2.46. The highest BCUT2D eigenvalue weighted by molar-refractivity contribution is 6.04. The minimum atomic E-state index is -0.900. The molecule has 2 heterocycles. The fraction of sp³-hybridized carbons (Fsp3) is 0.475. The van der Waals surface area contributed by atoms with Crippen LogP contribution in [0.15, 0.2) is 66.7 Å². The van der Waals surface area contributed by atoms with Gasteiger partial charge in [0, 0.05) is 35.2 Å². The molecule has 5 rings (SSSR count).